The van der Waals surface area contributed by atoms with Gasteiger partial charge in [-0.2, -0.15) is 0 Å². The number of hydrogen-bond donors (Lipinski definition) is 1. The Morgan fingerprint density at radius 2 is 1.55 bits per heavy atom. The van der Waals surface area contributed by atoms with E-state index in [9.17, 15) is 8.42 Å². The number of sulfone groups is 1. The summed E-state index contributed by atoms with van der Waals surface area (Å²) in [4.78, 5) is 5.13. The van der Waals surface area contributed by atoms with Gasteiger partial charge in [0.1, 0.15) is 9.84 Å². The molecule has 2 saturated heterocycles. The van der Waals surface area contributed by atoms with Crippen molar-refractivity contribution in [2.45, 2.75) is 43.0 Å². The van der Waals surface area contributed by atoms with Gasteiger partial charge in [-0.25, -0.2) is 8.42 Å². The molecule has 0 aromatic carbocycles. The van der Waals surface area contributed by atoms with Crippen LogP contribution < -0.4 is 5.32 Å². The summed E-state index contributed by atoms with van der Waals surface area (Å²) in [6.45, 7) is 6.78. The fourth-order valence-electron chi connectivity index (χ4n) is 3.84. The van der Waals surface area contributed by atoms with E-state index in [2.05, 4.69) is 15.1 Å². The topological polar surface area (TPSA) is 52.7 Å². The van der Waals surface area contributed by atoms with Crippen LogP contribution in [0.5, 0.6) is 0 Å². The second-order valence-electron chi connectivity index (χ2n) is 6.66. The van der Waals surface area contributed by atoms with Crippen LogP contribution in [0.15, 0.2) is 0 Å². The molecular formula is C14H27N3O2S. The molecule has 20 heavy (non-hydrogen) atoms. The Kier molecular flexibility index (Phi) is 4.36. The van der Waals surface area contributed by atoms with Gasteiger partial charge in [-0.3, -0.25) is 9.80 Å². The van der Waals surface area contributed by atoms with E-state index in [1.54, 1.807) is 0 Å². The van der Waals surface area contributed by atoms with Gasteiger partial charge >= 0.3 is 0 Å². The summed E-state index contributed by atoms with van der Waals surface area (Å²) in [5.41, 5.74) is 0. The predicted octanol–water partition coefficient (Wildman–Crippen LogP) is -0.0684. The van der Waals surface area contributed by atoms with Crippen molar-refractivity contribution in [2.75, 3.05) is 45.5 Å². The molecule has 0 aromatic heterocycles. The van der Waals surface area contributed by atoms with Gasteiger partial charge in [-0.15, -0.1) is 0 Å². The van der Waals surface area contributed by atoms with Crippen LogP contribution in [0.3, 0.4) is 0 Å². The molecule has 5 nitrogen and oxygen atoms in total. The van der Waals surface area contributed by atoms with E-state index >= 15 is 0 Å². The fraction of sp³-hybridized carbons (Fsp3) is 1.00. The Morgan fingerprint density at radius 1 is 0.950 bits per heavy atom. The lowest BCUT2D eigenvalue weighted by molar-refractivity contribution is 0.0425. The average molecular weight is 301 g/mol. The molecule has 2 aliphatic heterocycles. The number of rotatable bonds is 3. The van der Waals surface area contributed by atoms with Crippen LogP contribution in [-0.2, 0) is 9.84 Å². The first kappa shape index (κ1) is 14.8. The lowest BCUT2D eigenvalue weighted by Gasteiger charge is -2.46. The third-order valence-corrected chi connectivity index (χ3v) is 6.98. The van der Waals surface area contributed by atoms with Crippen LogP contribution in [-0.4, -0.2) is 81.1 Å². The number of nitrogens with one attached hydrogen (secondary N) is 1. The van der Waals surface area contributed by atoms with Crippen molar-refractivity contribution in [3.05, 3.63) is 0 Å². The average Bonchev–Trinajstić information content (AvgIpc) is 2.37. The van der Waals surface area contributed by atoms with Gasteiger partial charge < -0.3 is 5.32 Å². The number of piperazine rings is 1. The molecule has 0 spiro atoms. The second kappa shape index (κ2) is 5.91. The van der Waals surface area contributed by atoms with Crippen molar-refractivity contribution >= 4 is 9.84 Å². The highest BCUT2D eigenvalue weighted by Crippen LogP contribution is 2.28. The Balaban J connectivity index is 1.52. The molecule has 3 fully saturated rings. The molecule has 2 unspecified atom stereocenters. The quantitative estimate of drug-likeness (QED) is 0.791. The SMILES string of the molecule is CS(=O)(=O)C1CCCC(N2CCN(C3CNC3)CC2)C1. The Bertz CT molecular complexity index is 428. The number of hydrogen-bond acceptors (Lipinski definition) is 5. The summed E-state index contributed by atoms with van der Waals surface area (Å²) >= 11 is 0. The van der Waals surface area contributed by atoms with Gasteiger partial charge in [0.05, 0.1) is 5.25 Å². The summed E-state index contributed by atoms with van der Waals surface area (Å²) in [5, 5.41) is 3.23. The fourth-order valence-corrected chi connectivity index (χ4v) is 5.01. The maximum absolute atomic E-state index is 11.8. The minimum Gasteiger partial charge on any atom is -0.314 e. The lowest BCUT2D eigenvalue weighted by Crippen LogP contribution is -2.62. The van der Waals surface area contributed by atoms with E-state index in [-0.39, 0.29) is 5.25 Å². The zero-order valence-electron chi connectivity index (χ0n) is 12.4. The van der Waals surface area contributed by atoms with Gasteiger partial charge in [-0.1, -0.05) is 6.42 Å². The predicted molar refractivity (Wildman–Crippen MR) is 80.7 cm³/mol. The Hall–Kier alpha value is -0.170. The normalized spacial score (nSPS) is 34.9. The molecule has 1 N–H and O–H groups in total. The van der Waals surface area contributed by atoms with Gasteiger partial charge in [0.15, 0.2) is 0 Å². The summed E-state index contributed by atoms with van der Waals surface area (Å²) in [5.74, 6) is 0. The summed E-state index contributed by atoms with van der Waals surface area (Å²) in [7, 11) is -2.86. The maximum Gasteiger partial charge on any atom is 0.150 e. The Labute approximate surface area is 122 Å². The molecule has 6 heteroatoms. The van der Waals surface area contributed by atoms with Gasteiger partial charge in [-0.05, 0) is 19.3 Å². The maximum atomic E-state index is 11.8. The van der Waals surface area contributed by atoms with E-state index in [0.717, 1.165) is 64.6 Å². The smallest absolute Gasteiger partial charge is 0.150 e. The van der Waals surface area contributed by atoms with Gasteiger partial charge in [0.2, 0.25) is 0 Å². The van der Waals surface area contributed by atoms with E-state index in [1.807, 2.05) is 0 Å². The van der Waals surface area contributed by atoms with Crippen molar-refractivity contribution in [3.63, 3.8) is 0 Å². The highest BCUT2D eigenvalue weighted by molar-refractivity contribution is 7.91. The molecule has 1 saturated carbocycles. The van der Waals surface area contributed by atoms with Crippen LogP contribution in [0, 0.1) is 0 Å². The molecule has 0 aromatic rings. The monoisotopic (exact) mass is 301 g/mol. The summed E-state index contributed by atoms with van der Waals surface area (Å²) in [6, 6.07) is 1.23. The van der Waals surface area contributed by atoms with Crippen molar-refractivity contribution < 1.29 is 8.42 Å². The van der Waals surface area contributed by atoms with Crippen LogP contribution >= 0.6 is 0 Å². The molecular weight excluding hydrogens is 274 g/mol. The second-order valence-corrected chi connectivity index (χ2v) is 8.98. The van der Waals surface area contributed by atoms with Gasteiger partial charge in [0.25, 0.3) is 0 Å². The molecule has 3 rings (SSSR count). The molecule has 3 aliphatic rings. The van der Waals surface area contributed by atoms with Crippen LogP contribution in [0.4, 0.5) is 0 Å². The van der Waals surface area contributed by atoms with Crippen LogP contribution in [0.25, 0.3) is 0 Å². The molecule has 2 heterocycles. The zero-order chi connectivity index (χ0) is 14.2. The van der Waals surface area contributed by atoms with Crippen molar-refractivity contribution in [2.24, 2.45) is 0 Å². The van der Waals surface area contributed by atoms with Crippen molar-refractivity contribution in [1.29, 1.82) is 0 Å². The first-order valence-corrected chi connectivity index (χ1v) is 9.87. The van der Waals surface area contributed by atoms with Gasteiger partial charge in [0, 0.05) is 57.6 Å². The standard InChI is InChI=1S/C14H27N3O2S/c1-20(18,19)14-4-2-3-12(9-14)16-5-7-17(8-6-16)13-10-15-11-13/h12-15H,2-11H2,1H3. The highest BCUT2D eigenvalue weighted by atomic mass is 32.2. The third-order valence-electron chi connectivity index (χ3n) is 5.35. The molecule has 1 aliphatic carbocycles. The molecule has 0 bridgehead atoms. The van der Waals surface area contributed by atoms with E-state index in [1.165, 1.54) is 12.7 Å². The summed E-state index contributed by atoms with van der Waals surface area (Å²) < 4.78 is 23.5. The molecule has 0 amide bonds. The highest BCUT2D eigenvalue weighted by Gasteiger charge is 2.34. The molecule has 0 radical (unpaired) electrons. The minimum absolute atomic E-state index is 0.102. The van der Waals surface area contributed by atoms with Crippen molar-refractivity contribution in [3.8, 4) is 0 Å². The molecule has 116 valence electrons. The first-order chi connectivity index (χ1) is 9.54. The van der Waals surface area contributed by atoms with E-state index in [0.29, 0.717) is 6.04 Å². The minimum atomic E-state index is -2.86. The number of nitrogens with zero attached hydrogens (tertiary/aromatic N) is 2. The van der Waals surface area contributed by atoms with E-state index in [4.69, 9.17) is 0 Å². The first-order valence-electron chi connectivity index (χ1n) is 7.92. The zero-order valence-corrected chi connectivity index (χ0v) is 13.2. The summed E-state index contributed by atoms with van der Waals surface area (Å²) in [6.07, 6.45) is 5.36. The largest absolute Gasteiger partial charge is 0.314 e. The van der Waals surface area contributed by atoms with Crippen LogP contribution in [0.1, 0.15) is 25.7 Å². The van der Waals surface area contributed by atoms with E-state index < -0.39 is 9.84 Å². The third kappa shape index (κ3) is 3.18. The molecule has 2 atom stereocenters. The van der Waals surface area contributed by atoms with Crippen molar-refractivity contribution in [1.82, 2.24) is 15.1 Å². The van der Waals surface area contributed by atoms with Crippen LogP contribution in [0.2, 0.25) is 0 Å². The Morgan fingerprint density at radius 3 is 2.05 bits per heavy atom. The lowest BCUT2D eigenvalue weighted by atomic mass is 9.93.